The number of halogens is 1. The van der Waals surface area contributed by atoms with Crippen LogP contribution in [0.25, 0.3) is 0 Å². The first-order valence-electron chi connectivity index (χ1n) is 5.68. The Balaban J connectivity index is 2.74. The molecular formula is C12H19FN4. The van der Waals surface area contributed by atoms with E-state index in [2.05, 4.69) is 18.8 Å². The Kier molecular flexibility index (Phi) is 4.87. The second kappa shape index (κ2) is 6.18. The van der Waals surface area contributed by atoms with Gasteiger partial charge in [0.05, 0.1) is 12.0 Å². The highest BCUT2D eigenvalue weighted by molar-refractivity contribution is 5.77. The number of hydrogen-bond acceptors (Lipinski definition) is 3. The average molecular weight is 238 g/mol. The fraction of sp³-hybridized carbons (Fsp3) is 0.500. The SMILES string of the molecule is CC(C)CN(CCC(=N)N)c1ccc(F)cn1. The first-order chi connectivity index (χ1) is 7.99. The van der Waals surface area contributed by atoms with Crippen molar-refractivity contribution in [2.24, 2.45) is 11.7 Å². The number of nitrogens with one attached hydrogen (secondary N) is 1. The molecule has 0 fully saturated rings. The summed E-state index contributed by atoms with van der Waals surface area (Å²) in [5, 5.41) is 7.24. The first-order valence-corrected chi connectivity index (χ1v) is 5.68. The van der Waals surface area contributed by atoms with Crippen LogP contribution >= 0.6 is 0 Å². The third-order valence-electron chi connectivity index (χ3n) is 2.27. The monoisotopic (exact) mass is 238 g/mol. The van der Waals surface area contributed by atoms with E-state index in [-0.39, 0.29) is 11.7 Å². The molecule has 5 heteroatoms. The zero-order chi connectivity index (χ0) is 12.8. The van der Waals surface area contributed by atoms with Gasteiger partial charge in [0.15, 0.2) is 0 Å². The molecule has 0 saturated heterocycles. The third-order valence-corrected chi connectivity index (χ3v) is 2.27. The smallest absolute Gasteiger partial charge is 0.141 e. The Morgan fingerprint density at radius 3 is 2.71 bits per heavy atom. The maximum absolute atomic E-state index is 12.8. The van der Waals surface area contributed by atoms with Crippen LogP contribution in [-0.4, -0.2) is 23.9 Å². The van der Waals surface area contributed by atoms with Crippen molar-refractivity contribution >= 4 is 11.7 Å². The van der Waals surface area contributed by atoms with Crippen molar-refractivity contribution in [1.82, 2.24) is 4.98 Å². The molecule has 0 bridgehead atoms. The minimum Gasteiger partial charge on any atom is -0.388 e. The summed E-state index contributed by atoms with van der Waals surface area (Å²) in [4.78, 5) is 6.07. The Bertz CT molecular complexity index is 361. The normalized spacial score (nSPS) is 10.6. The van der Waals surface area contributed by atoms with Crippen LogP contribution in [-0.2, 0) is 0 Å². The summed E-state index contributed by atoms with van der Waals surface area (Å²) in [6.07, 6.45) is 1.70. The number of rotatable bonds is 6. The number of aromatic nitrogens is 1. The van der Waals surface area contributed by atoms with E-state index in [9.17, 15) is 4.39 Å². The zero-order valence-corrected chi connectivity index (χ0v) is 10.3. The highest BCUT2D eigenvalue weighted by Crippen LogP contribution is 2.13. The van der Waals surface area contributed by atoms with E-state index in [1.165, 1.54) is 12.3 Å². The molecule has 0 unspecified atom stereocenters. The van der Waals surface area contributed by atoms with Crippen LogP contribution in [0.4, 0.5) is 10.2 Å². The molecule has 0 spiro atoms. The van der Waals surface area contributed by atoms with Gasteiger partial charge in [0.25, 0.3) is 0 Å². The van der Waals surface area contributed by atoms with Crippen LogP contribution in [0, 0.1) is 17.1 Å². The Morgan fingerprint density at radius 2 is 2.24 bits per heavy atom. The number of pyridine rings is 1. The largest absolute Gasteiger partial charge is 0.388 e. The Labute approximate surface area is 101 Å². The van der Waals surface area contributed by atoms with Crippen LogP contribution in [0.15, 0.2) is 18.3 Å². The standard InChI is InChI=1S/C12H19FN4/c1-9(2)8-17(6-5-11(14)15)12-4-3-10(13)7-16-12/h3-4,7,9H,5-6,8H2,1-2H3,(H3,14,15). The lowest BCUT2D eigenvalue weighted by Crippen LogP contribution is -2.31. The minimum absolute atomic E-state index is 0.154. The molecule has 0 radical (unpaired) electrons. The lowest BCUT2D eigenvalue weighted by molar-refractivity contribution is 0.601. The molecule has 0 aliphatic rings. The summed E-state index contributed by atoms with van der Waals surface area (Å²) >= 11 is 0. The van der Waals surface area contributed by atoms with Crippen LogP contribution < -0.4 is 10.6 Å². The van der Waals surface area contributed by atoms with Crippen molar-refractivity contribution in [1.29, 1.82) is 5.41 Å². The number of hydrogen-bond donors (Lipinski definition) is 2. The van der Waals surface area contributed by atoms with E-state index < -0.39 is 0 Å². The lowest BCUT2D eigenvalue weighted by atomic mass is 10.2. The number of amidine groups is 1. The van der Waals surface area contributed by atoms with Gasteiger partial charge in [-0.1, -0.05) is 13.8 Å². The van der Waals surface area contributed by atoms with Crippen LogP contribution in [0.3, 0.4) is 0 Å². The number of anilines is 1. The van der Waals surface area contributed by atoms with Crippen molar-refractivity contribution in [2.75, 3.05) is 18.0 Å². The van der Waals surface area contributed by atoms with E-state index >= 15 is 0 Å². The Hall–Kier alpha value is -1.65. The Morgan fingerprint density at radius 1 is 1.53 bits per heavy atom. The van der Waals surface area contributed by atoms with Crippen molar-refractivity contribution in [2.45, 2.75) is 20.3 Å². The molecular weight excluding hydrogens is 219 g/mol. The topological polar surface area (TPSA) is 66.0 Å². The van der Waals surface area contributed by atoms with Gasteiger partial charge in [-0.3, -0.25) is 5.41 Å². The summed E-state index contributed by atoms with van der Waals surface area (Å²) in [6.45, 7) is 5.65. The fourth-order valence-electron chi connectivity index (χ4n) is 1.55. The predicted octanol–water partition coefficient (Wildman–Crippen LogP) is 2.01. The second-order valence-corrected chi connectivity index (χ2v) is 4.45. The maximum Gasteiger partial charge on any atom is 0.141 e. The molecule has 0 aliphatic heterocycles. The number of nitrogens with zero attached hydrogens (tertiary/aromatic N) is 2. The van der Waals surface area contributed by atoms with Crippen molar-refractivity contribution < 1.29 is 4.39 Å². The summed E-state index contributed by atoms with van der Waals surface area (Å²) in [7, 11) is 0. The highest BCUT2D eigenvalue weighted by Gasteiger charge is 2.10. The maximum atomic E-state index is 12.8. The molecule has 1 heterocycles. The average Bonchev–Trinajstić information content (AvgIpc) is 2.25. The molecule has 1 rings (SSSR count). The minimum atomic E-state index is -0.343. The molecule has 1 aromatic rings. The molecule has 0 amide bonds. The first kappa shape index (κ1) is 13.4. The van der Waals surface area contributed by atoms with Crippen molar-refractivity contribution in [3.05, 3.63) is 24.1 Å². The second-order valence-electron chi connectivity index (χ2n) is 4.45. The van der Waals surface area contributed by atoms with E-state index in [1.54, 1.807) is 6.07 Å². The molecule has 94 valence electrons. The van der Waals surface area contributed by atoms with Crippen molar-refractivity contribution in [3.63, 3.8) is 0 Å². The van der Waals surface area contributed by atoms with E-state index in [1.807, 2.05) is 4.90 Å². The van der Waals surface area contributed by atoms with Gasteiger partial charge in [0, 0.05) is 19.5 Å². The molecule has 17 heavy (non-hydrogen) atoms. The van der Waals surface area contributed by atoms with E-state index in [4.69, 9.17) is 11.1 Å². The molecule has 3 N–H and O–H groups in total. The summed E-state index contributed by atoms with van der Waals surface area (Å²) in [6, 6.07) is 3.04. The summed E-state index contributed by atoms with van der Waals surface area (Å²) in [5.74, 6) is 1.00. The van der Waals surface area contributed by atoms with Crippen LogP contribution in [0.1, 0.15) is 20.3 Å². The molecule has 4 nitrogen and oxygen atoms in total. The van der Waals surface area contributed by atoms with Gasteiger partial charge < -0.3 is 10.6 Å². The van der Waals surface area contributed by atoms with Crippen LogP contribution in [0.2, 0.25) is 0 Å². The number of nitrogens with two attached hydrogens (primary N) is 1. The summed E-state index contributed by atoms with van der Waals surface area (Å²) in [5.41, 5.74) is 5.35. The molecule has 0 saturated carbocycles. The quantitative estimate of drug-likeness (QED) is 0.588. The van der Waals surface area contributed by atoms with E-state index in [0.29, 0.717) is 18.9 Å². The van der Waals surface area contributed by atoms with Crippen molar-refractivity contribution in [3.8, 4) is 0 Å². The highest BCUT2D eigenvalue weighted by atomic mass is 19.1. The van der Waals surface area contributed by atoms with Gasteiger partial charge >= 0.3 is 0 Å². The zero-order valence-electron chi connectivity index (χ0n) is 10.3. The third kappa shape index (κ3) is 4.80. The lowest BCUT2D eigenvalue weighted by Gasteiger charge is -2.25. The van der Waals surface area contributed by atoms with Gasteiger partial charge in [-0.15, -0.1) is 0 Å². The van der Waals surface area contributed by atoms with Gasteiger partial charge in [-0.25, -0.2) is 9.37 Å². The molecule has 0 atom stereocenters. The summed E-state index contributed by atoms with van der Waals surface area (Å²) < 4.78 is 12.8. The predicted molar refractivity (Wildman–Crippen MR) is 67.8 cm³/mol. The van der Waals surface area contributed by atoms with E-state index in [0.717, 1.165) is 12.4 Å². The van der Waals surface area contributed by atoms with Gasteiger partial charge in [-0.2, -0.15) is 0 Å². The van der Waals surface area contributed by atoms with Crippen LogP contribution in [0.5, 0.6) is 0 Å². The van der Waals surface area contributed by atoms with Gasteiger partial charge in [-0.05, 0) is 18.1 Å². The molecule has 0 aromatic carbocycles. The van der Waals surface area contributed by atoms with Gasteiger partial charge in [0.2, 0.25) is 0 Å². The molecule has 1 aromatic heterocycles. The fourth-order valence-corrected chi connectivity index (χ4v) is 1.55. The molecule has 0 aliphatic carbocycles. The van der Waals surface area contributed by atoms with Gasteiger partial charge in [0.1, 0.15) is 11.6 Å².